The maximum atomic E-state index is 13.2. The van der Waals surface area contributed by atoms with Gasteiger partial charge in [-0.05, 0) is 49.1 Å². The lowest BCUT2D eigenvalue weighted by molar-refractivity contribution is -0.141. The van der Waals surface area contributed by atoms with Gasteiger partial charge in [0.2, 0.25) is 10.0 Å². The van der Waals surface area contributed by atoms with E-state index in [2.05, 4.69) is 9.71 Å². The number of sulfonamides is 1. The second-order valence-corrected chi connectivity index (χ2v) is 10.4. The summed E-state index contributed by atoms with van der Waals surface area (Å²) in [4.78, 5) is 42.6. The van der Waals surface area contributed by atoms with Gasteiger partial charge in [0, 0.05) is 18.4 Å². The Morgan fingerprint density at radius 1 is 1.09 bits per heavy atom. The number of fused-ring (bicyclic) bond motifs is 4. The molecule has 35 heavy (non-hydrogen) atoms. The number of aromatic nitrogens is 1. The fourth-order valence-electron chi connectivity index (χ4n) is 4.79. The Balaban J connectivity index is 1.48. The van der Waals surface area contributed by atoms with Gasteiger partial charge in [0.15, 0.2) is 0 Å². The number of nitrogens with one attached hydrogen (secondary N) is 1. The Kier molecular flexibility index (Phi) is 5.65. The molecule has 2 aromatic carbocycles. The summed E-state index contributed by atoms with van der Waals surface area (Å²) < 4.78 is 34.1. The van der Waals surface area contributed by atoms with Crippen LogP contribution in [0.3, 0.4) is 0 Å². The van der Waals surface area contributed by atoms with E-state index in [1.807, 2.05) is 24.3 Å². The Bertz CT molecular complexity index is 1490. The van der Waals surface area contributed by atoms with Crippen molar-refractivity contribution in [2.45, 2.75) is 37.6 Å². The highest BCUT2D eigenvalue weighted by Gasteiger charge is 2.39. The van der Waals surface area contributed by atoms with E-state index in [0.717, 1.165) is 16.0 Å². The number of amides is 2. The first-order valence-corrected chi connectivity index (χ1v) is 12.7. The van der Waals surface area contributed by atoms with Crippen LogP contribution in [0.25, 0.3) is 10.9 Å². The minimum absolute atomic E-state index is 0.00702. The van der Waals surface area contributed by atoms with Crippen molar-refractivity contribution in [3.05, 3.63) is 70.4 Å². The van der Waals surface area contributed by atoms with Crippen LogP contribution in [0, 0.1) is 6.92 Å². The zero-order chi connectivity index (χ0) is 24.9. The lowest BCUT2D eigenvalue weighted by Crippen LogP contribution is -2.35. The fourth-order valence-corrected chi connectivity index (χ4v) is 6.05. The first kappa shape index (κ1) is 23.1. The van der Waals surface area contributed by atoms with Crippen molar-refractivity contribution in [1.82, 2.24) is 14.6 Å². The van der Waals surface area contributed by atoms with Crippen LogP contribution in [0.2, 0.25) is 0 Å². The third-order valence-electron chi connectivity index (χ3n) is 6.36. The number of pyridine rings is 1. The van der Waals surface area contributed by atoms with Crippen molar-refractivity contribution >= 4 is 38.7 Å². The average molecular weight is 494 g/mol. The Morgan fingerprint density at radius 3 is 2.40 bits per heavy atom. The van der Waals surface area contributed by atoms with Gasteiger partial charge in [0.1, 0.15) is 6.61 Å². The van der Waals surface area contributed by atoms with E-state index in [9.17, 15) is 22.8 Å². The first-order chi connectivity index (χ1) is 16.7. The molecular formula is C25H23N3O6S. The lowest BCUT2D eigenvalue weighted by atomic mass is 10.0. The summed E-state index contributed by atoms with van der Waals surface area (Å²) in [7, 11) is -3.89. The van der Waals surface area contributed by atoms with Gasteiger partial charge in [-0.15, -0.1) is 0 Å². The lowest BCUT2D eigenvalue weighted by Gasteiger charge is -2.14. The molecular weight excluding hydrogens is 470 g/mol. The third kappa shape index (κ3) is 4.08. The SMILES string of the molecule is CC(=O)OCCN1C(=O)c2c(C)nc3ccc(S(=O)(=O)NC4Cc5ccccc5C4)cc3c2C1=O. The number of ether oxygens (including phenoxy) is 1. The van der Waals surface area contributed by atoms with Crippen LogP contribution in [-0.4, -0.2) is 55.3 Å². The first-order valence-electron chi connectivity index (χ1n) is 11.2. The molecule has 0 unspecified atom stereocenters. The second kappa shape index (κ2) is 8.54. The van der Waals surface area contributed by atoms with Crippen molar-refractivity contribution in [1.29, 1.82) is 0 Å². The van der Waals surface area contributed by atoms with Crippen molar-refractivity contribution in [3.63, 3.8) is 0 Å². The van der Waals surface area contributed by atoms with Gasteiger partial charge < -0.3 is 4.74 Å². The standard InChI is InChI=1S/C25H23N3O6S/c1-14-22-23(25(31)28(24(22)30)9-10-34-15(2)29)20-13-19(7-8-21(20)26-14)35(32,33)27-18-11-16-5-3-4-6-17(16)12-18/h3-8,13,18,27H,9-12H2,1-2H3. The second-order valence-electron chi connectivity index (χ2n) is 8.72. The molecule has 1 aliphatic carbocycles. The molecule has 0 bridgehead atoms. The molecule has 2 heterocycles. The predicted octanol–water partition coefficient (Wildman–Crippen LogP) is 2.15. The van der Waals surface area contributed by atoms with Crippen molar-refractivity contribution in [2.75, 3.05) is 13.2 Å². The molecule has 1 aromatic heterocycles. The summed E-state index contributed by atoms with van der Waals surface area (Å²) in [6.07, 6.45) is 1.20. The Labute approximate surface area is 202 Å². The number of rotatable bonds is 6. The van der Waals surface area contributed by atoms with E-state index in [-0.39, 0.29) is 40.6 Å². The van der Waals surface area contributed by atoms with Crippen molar-refractivity contribution in [3.8, 4) is 0 Å². The summed E-state index contributed by atoms with van der Waals surface area (Å²) in [6.45, 7) is 2.64. The quantitative estimate of drug-likeness (QED) is 0.412. The molecule has 0 fully saturated rings. The predicted molar refractivity (Wildman–Crippen MR) is 126 cm³/mol. The number of esters is 1. The van der Waals surface area contributed by atoms with E-state index in [0.29, 0.717) is 24.1 Å². The van der Waals surface area contributed by atoms with E-state index in [4.69, 9.17) is 4.74 Å². The number of carbonyl (C=O) groups is 3. The number of carbonyl (C=O) groups excluding carboxylic acids is 3. The maximum Gasteiger partial charge on any atom is 0.302 e. The summed E-state index contributed by atoms with van der Waals surface area (Å²) >= 11 is 0. The van der Waals surface area contributed by atoms with E-state index < -0.39 is 27.8 Å². The topological polar surface area (TPSA) is 123 Å². The molecule has 0 spiro atoms. The molecule has 2 amide bonds. The molecule has 1 N–H and O–H groups in total. The number of nitrogens with zero attached hydrogens (tertiary/aromatic N) is 2. The number of hydrogen-bond acceptors (Lipinski definition) is 7. The molecule has 0 radical (unpaired) electrons. The number of imide groups is 1. The van der Waals surface area contributed by atoms with Crippen LogP contribution < -0.4 is 4.72 Å². The average Bonchev–Trinajstić information content (AvgIpc) is 3.31. The zero-order valence-electron chi connectivity index (χ0n) is 19.2. The van der Waals surface area contributed by atoms with Gasteiger partial charge in [0.05, 0.1) is 33.8 Å². The smallest absolute Gasteiger partial charge is 0.302 e. The highest BCUT2D eigenvalue weighted by molar-refractivity contribution is 7.89. The van der Waals surface area contributed by atoms with Gasteiger partial charge in [0.25, 0.3) is 11.8 Å². The monoisotopic (exact) mass is 493 g/mol. The van der Waals surface area contributed by atoms with Crippen LogP contribution in [-0.2, 0) is 32.4 Å². The molecule has 0 saturated heterocycles. The third-order valence-corrected chi connectivity index (χ3v) is 7.88. The summed E-state index contributed by atoms with van der Waals surface area (Å²) in [6, 6.07) is 12.0. The van der Waals surface area contributed by atoms with Crippen LogP contribution >= 0.6 is 0 Å². The Hall–Kier alpha value is -3.63. The van der Waals surface area contributed by atoms with Crippen LogP contribution in [0.1, 0.15) is 44.5 Å². The van der Waals surface area contributed by atoms with E-state index in [1.165, 1.54) is 19.1 Å². The van der Waals surface area contributed by atoms with E-state index in [1.54, 1.807) is 13.0 Å². The van der Waals surface area contributed by atoms with Gasteiger partial charge >= 0.3 is 5.97 Å². The molecule has 0 atom stereocenters. The molecule has 1 aliphatic heterocycles. The molecule has 0 saturated carbocycles. The van der Waals surface area contributed by atoms with E-state index >= 15 is 0 Å². The highest BCUT2D eigenvalue weighted by Crippen LogP contribution is 2.33. The largest absolute Gasteiger partial charge is 0.464 e. The minimum atomic E-state index is -3.89. The maximum absolute atomic E-state index is 13.2. The summed E-state index contributed by atoms with van der Waals surface area (Å²) in [5, 5.41) is 0.288. The number of hydrogen-bond donors (Lipinski definition) is 1. The number of benzene rings is 2. The Morgan fingerprint density at radius 2 is 1.74 bits per heavy atom. The molecule has 180 valence electrons. The van der Waals surface area contributed by atoms with Gasteiger partial charge in [-0.3, -0.25) is 24.3 Å². The van der Waals surface area contributed by atoms with Crippen LogP contribution in [0.5, 0.6) is 0 Å². The van der Waals surface area contributed by atoms with Crippen LogP contribution in [0.15, 0.2) is 47.4 Å². The molecule has 5 rings (SSSR count). The molecule has 2 aliphatic rings. The molecule has 9 nitrogen and oxygen atoms in total. The van der Waals surface area contributed by atoms with Crippen LogP contribution in [0.4, 0.5) is 0 Å². The minimum Gasteiger partial charge on any atom is -0.464 e. The van der Waals surface area contributed by atoms with Gasteiger partial charge in [-0.2, -0.15) is 0 Å². The highest BCUT2D eigenvalue weighted by atomic mass is 32.2. The van der Waals surface area contributed by atoms with Crippen molar-refractivity contribution < 1.29 is 27.5 Å². The number of aryl methyl sites for hydroxylation is 1. The molecule has 3 aromatic rings. The normalized spacial score (nSPS) is 15.5. The van der Waals surface area contributed by atoms with Crippen molar-refractivity contribution in [2.24, 2.45) is 0 Å². The fraction of sp³-hybridized carbons (Fsp3) is 0.280. The van der Waals surface area contributed by atoms with Gasteiger partial charge in [-0.1, -0.05) is 24.3 Å². The summed E-state index contributed by atoms with van der Waals surface area (Å²) in [5.41, 5.74) is 3.28. The zero-order valence-corrected chi connectivity index (χ0v) is 20.0. The molecule has 10 heteroatoms. The summed E-state index contributed by atoms with van der Waals surface area (Å²) in [5.74, 6) is -1.63. The van der Waals surface area contributed by atoms with Gasteiger partial charge in [-0.25, -0.2) is 13.1 Å².